The highest BCUT2D eigenvalue weighted by molar-refractivity contribution is 7.22. The number of urea groups is 1. The van der Waals surface area contributed by atoms with E-state index in [1.165, 1.54) is 30.8 Å². The summed E-state index contributed by atoms with van der Waals surface area (Å²) in [5.74, 6) is -3.34. The highest BCUT2D eigenvalue weighted by Crippen LogP contribution is 2.29. The number of phenols is 1. The molecule has 11 nitrogen and oxygen atoms in total. The lowest BCUT2D eigenvalue weighted by molar-refractivity contribution is -0.192. The Bertz CT molecular complexity index is 1230. The van der Waals surface area contributed by atoms with Crippen LogP contribution in [0.15, 0.2) is 24.5 Å². The molecule has 1 aliphatic heterocycles. The van der Waals surface area contributed by atoms with Crippen LogP contribution in [0, 0.1) is 5.82 Å². The number of rotatable bonds is 4. The number of amides is 2. The number of aliphatic carboxylic acids is 1. The number of nitrogens with one attached hydrogen (secondary N) is 1. The van der Waals surface area contributed by atoms with E-state index in [9.17, 15) is 27.5 Å². The van der Waals surface area contributed by atoms with Crippen LogP contribution in [0.2, 0.25) is 0 Å². The molecule has 1 fully saturated rings. The zero-order valence-corrected chi connectivity index (χ0v) is 19.4. The predicted molar refractivity (Wildman–Crippen MR) is 119 cm³/mol. The lowest BCUT2D eigenvalue weighted by Gasteiger charge is -2.34. The molecule has 3 heterocycles. The molecule has 0 radical (unpaired) electrons. The van der Waals surface area contributed by atoms with Gasteiger partial charge in [0.05, 0.1) is 7.11 Å². The molecule has 16 heteroatoms. The van der Waals surface area contributed by atoms with Gasteiger partial charge in [-0.3, -0.25) is 10.2 Å². The number of thiazole rings is 1. The zero-order valence-electron chi connectivity index (χ0n) is 18.6. The van der Waals surface area contributed by atoms with E-state index in [4.69, 9.17) is 14.6 Å². The van der Waals surface area contributed by atoms with Gasteiger partial charge in [-0.15, -0.1) is 0 Å². The number of hydrogen-bond donors (Lipinski definition) is 3. The average molecular weight is 532 g/mol. The number of carboxylic acid groups (broad SMARTS) is 1. The number of anilines is 1. The molecule has 3 N–H and O–H groups in total. The molecule has 3 aromatic rings. The average Bonchev–Trinajstić information content (AvgIpc) is 3.24. The van der Waals surface area contributed by atoms with Crippen molar-refractivity contribution in [2.24, 2.45) is 0 Å². The predicted octanol–water partition coefficient (Wildman–Crippen LogP) is 2.92. The summed E-state index contributed by atoms with van der Waals surface area (Å²) in [5.41, 5.74) is 1.04. The van der Waals surface area contributed by atoms with Crippen LogP contribution in [0.4, 0.5) is 27.5 Å². The number of phenolic OH excluding ortho intramolecular Hbond substituents is 1. The largest absolute Gasteiger partial charge is 0.505 e. The lowest BCUT2D eigenvalue weighted by Crippen LogP contribution is -2.49. The number of alkyl halides is 3. The van der Waals surface area contributed by atoms with Crippen molar-refractivity contribution in [2.45, 2.75) is 12.7 Å². The number of piperazine rings is 1. The number of fused-ring (bicyclic) bond motifs is 1. The second-order valence-corrected chi connectivity index (χ2v) is 8.28. The third-order valence-electron chi connectivity index (χ3n) is 4.94. The van der Waals surface area contributed by atoms with Crippen molar-refractivity contribution < 1.29 is 42.1 Å². The molecule has 1 aromatic carbocycles. The van der Waals surface area contributed by atoms with Crippen molar-refractivity contribution in [2.75, 3.05) is 38.6 Å². The van der Waals surface area contributed by atoms with E-state index < -0.39 is 18.0 Å². The van der Waals surface area contributed by atoms with Gasteiger partial charge in [-0.1, -0.05) is 23.5 Å². The molecule has 36 heavy (non-hydrogen) atoms. The number of aromatic nitrogens is 3. The standard InChI is InChI=1S/C18H19FN6O3S.C2HF3O2/c1-28-15-13-16(21-10-20-15)29-17(22-13)23-18(27)25-7-5-24(6-8-25)9-11-3-2-4-12(19)14(11)26;3-2(4,5)1(6)7/h2-4,10,26H,5-9H2,1H3,(H,22,23,27);(H,6,7). The van der Waals surface area contributed by atoms with Crippen LogP contribution in [-0.2, 0) is 11.3 Å². The summed E-state index contributed by atoms with van der Waals surface area (Å²) in [4.78, 5) is 38.3. The van der Waals surface area contributed by atoms with E-state index in [0.29, 0.717) is 59.6 Å². The summed E-state index contributed by atoms with van der Waals surface area (Å²) in [6, 6.07) is 4.25. The van der Waals surface area contributed by atoms with Crippen LogP contribution < -0.4 is 10.1 Å². The number of carbonyl (C=O) groups is 2. The van der Waals surface area contributed by atoms with Crippen LogP contribution in [0.3, 0.4) is 0 Å². The normalized spacial score (nSPS) is 14.2. The summed E-state index contributed by atoms with van der Waals surface area (Å²) in [6.45, 7) is 2.67. The Hall–Kier alpha value is -3.79. The van der Waals surface area contributed by atoms with Gasteiger partial charge in [0.25, 0.3) is 0 Å². The fourth-order valence-corrected chi connectivity index (χ4v) is 3.93. The molecule has 0 aliphatic carbocycles. The highest BCUT2D eigenvalue weighted by atomic mass is 32.1. The van der Waals surface area contributed by atoms with Gasteiger partial charge in [-0.25, -0.2) is 23.9 Å². The van der Waals surface area contributed by atoms with E-state index in [2.05, 4.69) is 25.2 Å². The first-order valence-electron chi connectivity index (χ1n) is 10.2. The Kier molecular flexibility index (Phi) is 8.41. The molecular formula is C20H20F4N6O5S. The number of para-hydroxylation sites is 1. The Morgan fingerprint density at radius 3 is 2.47 bits per heavy atom. The number of halogens is 4. The van der Waals surface area contributed by atoms with Gasteiger partial charge in [-0.2, -0.15) is 18.2 Å². The summed E-state index contributed by atoms with van der Waals surface area (Å²) >= 11 is 1.25. The minimum Gasteiger partial charge on any atom is -0.505 e. The van der Waals surface area contributed by atoms with E-state index >= 15 is 0 Å². The molecule has 2 aromatic heterocycles. The molecule has 194 valence electrons. The first-order chi connectivity index (χ1) is 17.0. The fourth-order valence-electron chi connectivity index (χ4n) is 3.14. The van der Waals surface area contributed by atoms with Gasteiger partial charge in [0.1, 0.15) is 6.33 Å². The molecule has 0 saturated carbocycles. The Balaban J connectivity index is 0.000000454. The van der Waals surface area contributed by atoms with Crippen LogP contribution in [0.1, 0.15) is 5.56 Å². The maximum atomic E-state index is 13.5. The van der Waals surface area contributed by atoms with E-state index in [1.807, 2.05) is 0 Å². The number of carboxylic acids is 1. The Labute approximate surface area is 205 Å². The third kappa shape index (κ3) is 6.66. The van der Waals surface area contributed by atoms with Gasteiger partial charge < -0.3 is 19.8 Å². The number of nitrogens with zero attached hydrogens (tertiary/aromatic N) is 5. The fraction of sp³-hybridized carbons (Fsp3) is 0.350. The number of methoxy groups -OCH3 is 1. The molecule has 1 saturated heterocycles. The molecule has 2 amide bonds. The summed E-state index contributed by atoms with van der Waals surface area (Å²) < 4.78 is 50.4. The first-order valence-corrected chi connectivity index (χ1v) is 11.0. The van der Waals surface area contributed by atoms with E-state index in [1.54, 1.807) is 17.0 Å². The first kappa shape index (κ1) is 26.8. The van der Waals surface area contributed by atoms with Gasteiger partial charge in [0, 0.05) is 38.3 Å². The summed E-state index contributed by atoms with van der Waals surface area (Å²) in [5, 5.41) is 20.2. The van der Waals surface area contributed by atoms with Crippen molar-refractivity contribution in [3.8, 4) is 11.6 Å². The van der Waals surface area contributed by atoms with Crippen molar-refractivity contribution in [1.82, 2.24) is 24.8 Å². The van der Waals surface area contributed by atoms with Crippen LogP contribution in [0.25, 0.3) is 10.3 Å². The van der Waals surface area contributed by atoms with E-state index in [-0.39, 0.29) is 11.8 Å². The summed E-state index contributed by atoms with van der Waals surface area (Å²) in [6.07, 6.45) is -3.69. The minimum atomic E-state index is -5.08. The highest BCUT2D eigenvalue weighted by Gasteiger charge is 2.38. The van der Waals surface area contributed by atoms with Crippen molar-refractivity contribution in [3.63, 3.8) is 0 Å². The maximum Gasteiger partial charge on any atom is 0.490 e. The van der Waals surface area contributed by atoms with Crippen LogP contribution in [0.5, 0.6) is 11.6 Å². The number of ether oxygens (including phenoxy) is 1. The third-order valence-corrected chi connectivity index (χ3v) is 5.81. The molecule has 0 bridgehead atoms. The number of carbonyl (C=O) groups excluding carboxylic acids is 1. The van der Waals surface area contributed by atoms with E-state index in [0.717, 1.165) is 0 Å². The molecule has 0 unspecified atom stereocenters. The quantitative estimate of drug-likeness (QED) is 0.433. The number of benzene rings is 1. The number of hydrogen-bond acceptors (Lipinski definition) is 9. The molecular weight excluding hydrogens is 512 g/mol. The second kappa shape index (κ2) is 11.3. The van der Waals surface area contributed by atoms with Crippen LogP contribution >= 0.6 is 11.3 Å². The van der Waals surface area contributed by atoms with Crippen molar-refractivity contribution in [1.29, 1.82) is 0 Å². The molecule has 1 aliphatic rings. The zero-order chi connectivity index (χ0) is 26.5. The summed E-state index contributed by atoms with van der Waals surface area (Å²) in [7, 11) is 1.50. The monoisotopic (exact) mass is 532 g/mol. The SMILES string of the molecule is COc1ncnc2sc(NC(=O)N3CCN(Cc4cccc(F)c4O)CC3)nc12.O=C(O)C(F)(F)F. The van der Waals surface area contributed by atoms with Gasteiger partial charge >= 0.3 is 18.2 Å². The molecule has 4 rings (SSSR count). The Morgan fingerprint density at radius 2 is 1.86 bits per heavy atom. The number of aromatic hydroxyl groups is 1. The lowest BCUT2D eigenvalue weighted by atomic mass is 10.1. The Morgan fingerprint density at radius 1 is 1.19 bits per heavy atom. The van der Waals surface area contributed by atoms with Crippen molar-refractivity contribution in [3.05, 3.63) is 35.9 Å². The van der Waals surface area contributed by atoms with Crippen molar-refractivity contribution >= 4 is 38.8 Å². The molecule has 0 spiro atoms. The second-order valence-electron chi connectivity index (χ2n) is 7.30. The minimum absolute atomic E-state index is 0.246. The van der Waals surface area contributed by atoms with Gasteiger partial charge in [0.15, 0.2) is 27.0 Å². The maximum absolute atomic E-state index is 13.5. The van der Waals surface area contributed by atoms with Crippen LogP contribution in [-0.4, -0.2) is 86.4 Å². The topological polar surface area (TPSA) is 141 Å². The smallest absolute Gasteiger partial charge is 0.490 e. The van der Waals surface area contributed by atoms with Gasteiger partial charge in [0.2, 0.25) is 5.88 Å². The van der Waals surface area contributed by atoms with Gasteiger partial charge in [-0.05, 0) is 6.07 Å². The molecule has 0 atom stereocenters.